The Hall–Kier alpha value is -2.64. The predicted octanol–water partition coefficient (Wildman–Crippen LogP) is 2.29. The van der Waals surface area contributed by atoms with Crippen LogP contribution in [-0.4, -0.2) is 63.3 Å². The van der Waals surface area contributed by atoms with Crippen molar-refractivity contribution in [2.45, 2.75) is 26.9 Å². The van der Waals surface area contributed by atoms with Crippen LogP contribution in [0.2, 0.25) is 5.02 Å². The maximum atomic E-state index is 13.2. The molecule has 1 amide bonds. The molecule has 4 rings (SSSR count). The Morgan fingerprint density at radius 3 is 2.40 bits per heavy atom. The number of piperazine rings is 1. The van der Waals surface area contributed by atoms with Crippen LogP contribution in [0.15, 0.2) is 35.3 Å². The summed E-state index contributed by atoms with van der Waals surface area (Å²) in [6, 6.07) is 7.70. The summed E-state index contributed by atoms with van der Waals surface area (Å²) in [6.07, 6.45) is 1.70. The Morgan fingerprint density at radius 1 is 1.07 bits per heavy atom. The fourth-order valence-corrected chi connectivity index (χ4v) is 4.18. The van der Waals surface area contributed by atoms with E-state index in [1.807, 2.05) is 50.1 Å². The number of hydrogen-bond acceptors (Lipinski definition) is 4. The zero-order chi connectivity index (χ0) is 21.4. The van der Waals surface area contributed by atoms with E-state index in [0.29, 0.717) is 30.0 Å². The second-order valence-corrected chi connectivity index (χ2v) is 8.40. The van der Waals surface area contributed by atoms with Crippen LogP contribution in [0.4, 0.5) is 0 Å². The first-order valence-corrected chi connectivity index (χ1v) is 10.5. The number of nitrogens with zero attached hydrogens (tertiary/aromatic N) is 5. The average molecular weight is 428 g/mol. The molecule has 3 aromatic rings. The molecule has 0 spiro atoms. The molecule has 0 atom stereocenters. The number of fused-ring (bicyclic) bond motifs is 1. The lowest BCUT2D eigenvalue weighted by Crippen LogP contribution is -2.48. The smallest absolute Gasteiger partial charge is 0.276 e. The van der Waals surface area contributed by atoms with Crippen LogP contribution in [0.3, 0.4) is 0 Å². The number of carbonyl (C=O) groups excluding carboxylic acids is 1. The number of benzene rings is 1. The zero-order valence-corrected chi connectivity index (χ0v) is 18.3. The molecule has 1 fully saturated rings. The first-order chi connectivity index (χ1) is 14.3. The maximum absolute atomic E-state index is 13.2. The Bertz CT molecular complexity index is 1140. The van der Waals surface area contributed by atoms with Crippen LogP contribution in [0.25, 0.3) is 10.8 Å². The summed E-state index contributed by atoms with van der Waals surface area (Å²) in [5.41, 5.74) is 2.75. The van der Waals surface area contributed by atoms with Gasteiger partial charge in [-0.25, -0.2) is 4.68 Å². The maximum Gasteiger partial charge on any atom is 0.276 e. The van der Waals surface area contributed by atoms with Gasteiger partial charge in [-0.2, -0.15) is 5.10 Å². The lowest BCUT2D eigenvalue weighted by atomic mass is 10.2. The van der Waals surface area contributed by atoms with Crippen molar-refractivity contribution in [2.75, 3.05) is 33.2 Å². The molecule has 2 aromatic heterocycles. The summed E-state index contributed by atoms with van der Waals surface area (Å²) in [7, 11) is 2.04. The molecule has 1 saturated heterocycles. The fourth-order valence-electron chi connectivity index (χ4n) is 4.05. The van der Waals surface area contributed by atoms with Crippen LogP contribution < -0.4 is 5.56 Å². The largest absolute Gasteiger partial charge is 0.343 e. The van der Waals surface area contributed by atoms with Gasteiger partial charge in [0.05, 0.1) is 11.6 Å². The topological polar surface area (TPSA) is 63.4 Å². The molecule has 7 nitrogen and oxygen atoms in total. The molecule has 1 aromatic carbocycles. The molecule has 158 valence electrons. The standard InChI is InChI=1S/C22H26ClN5O2/c1-15-19-12-24-28(14-20(29)26-10-8-25(3)9-11-26)22(30)21(19)16(2)27(15)13-17-4-6-18(23)7-5-17/h4-7,12H,8-11,13-14H2,1-3H3. The highest BCUT2D eigenvalue weighted by Crippen LogP contribution is 2.23. The van der Waals surface area contributed by atoms with E-state index in [9.17, 15) is 9.59 Å². The third-order valence-corrected chi connectivity index (χ3v) is 6.25. The quantitative estimate of drug-likeness (QED) is 0.641. The lowest BCUT2D eigenvalue weighted by molar-refractivity contribution is -0.133. The summed E-state index contributed by atoms with van der Waals surface area (Å²) < 4.78 is 3.41. The van der Waals surface area contributed by atoms with Gasteiger partial charge in [0.15, 0.2) is 0 Å². The van der Waals surface area contributed by atoms with Crippen molar-refractivity contribution in [3.8, 4) is 0 Å². The average Bonchev–Trinajstić information content (AvgIpc) is 2.97. The van der Waals surface area contributed by atoms with Gasteiger partial charge in [-0.05, 0) is 38.6 Å². The highest BCUT2D eigenvalue weighted by Gasteiger charge is 2.22. The van der Waals surface area contributed by atoms with Gasteiger partial charge in [-0.3, -0.25) is 9.59 Å². The van der Waals surface area contributed by atoms with Gasteiger partial charge < -0.3 is 14.4 Å². The number of rotatable bonds is 4. The summed E-state index contributed by atoms with van der Waals surface area (Å²) in [6.45, 7) is 7.61. The summed E-state index contributed by atoms with van der Waals surface area (Å²) in [5.74, 6) is -0.0629. The molecule has 0 saturated carbocycles. The summed E-state index contributed by atoms with van der Waals surface area (Å²) in [5, 5.41) is 6.46. The monoisotopic (exact) mass is 427 g/mol. The van der Waals surface area contributed by atoms with E-state index in [4.69, 9.17) is 11.6 Å². The molecule has 0 aliphatic carbocycles. The van der Waals surface area contributed by atoms with Crippen LogP contribution >= 0.6 is 11.6 Å². The van der Waals surface area contributed by atoms with E-state index in [-0.39, 0.29) is 18.0 Å². The number of carbonyl (C=O) groups is 1. The van der Waals surface area contributed by atoms with Crippen molar-refractivity contribution in [1.29, 1.82) is 0 Å². The molecule has 0 radical (unpaired) electrons. The number of aryl methyl sites for hydroxylation is 2. The minimum atomic E-state index is -0.217. The Labute approximate surface area is 180 Å². The van der Waals surface area contributed by atoms with Gasteiger partial charge in [0.1, 0.15) is 6.54 Å². The van der Waals surface area contributed by atoms with E-state index in [2.05, 4.69) is 14.6 Å². The van der Waals surface area contributed by atoms with Gasteiger partial charge >= 0.3 is 0 Å². The Morgan fingerprint density at radius 2 is 1.73 bits per heavy atom. The highest BCUT2D eigenvalue weighted by molar-refractivity contribution is 6.30. The van der Waals surface area contributed by atoms with Crippen molar-refractivity contribution in [3.63, 3.8) is 0 Å². The molecule has 3 heterocycles. The van der Waals surface area contributed by atoms with E-state index >= 15 is 0 Å². The van der Waals surface area contributed by atoms with Gasteiger partial charge in [0.2, 0.25) is 5.91 Å². The number of hydrogen-bond donors (Lipinski definition) is 0. The molecular weight excluding hydrogens is 402 g/mol. The normalized spacial score (nSPS) is 15.1. The van der Waals surface area contributed by atoms with E-state index < -0.39 is 0 Å². The predicted molar refractivity (Wildman–Crippen MR) is 118 cm³/mol. The van der Waals surface area contributed by atoms with Crippen LogP contribution in [-0.2, 0) is 17.9 Å². The van der Waals surface area contributed by atoms with Crippen molar-refractivity contribution in [3.05, 3.63) is 62.8 Å². The van der Waals surface area contributed by atoms with Crippen LogP contribution in [0, 0.1) is 13.8 Å². The fraction of sp³-hybridized carbons (Fsp3) is 0.409. The van der Waals surface area contributed by atoms with Crippen molar-refractivity contribution >= 4 is 28.3 Å². The SMILES string of the molecule is Cc1c2cnn(CC(=O)N3CCN(C)CC3)c(=O)c2c(C)n1Cc1ccc(Cl)cc1. The van der Waals surface area contributed by atoms with E-state index in [0.717, 1.165) is 35.4 Å². The third-order valence-electron chi connectivity index (χ3n) is 6.00. The van der Waals surface area contributed by atoms with E-state index in [1.54, 1.807) is 6.20 Å². The highest BCUT2D eigenvalue weighted by atomic mass is 35.5. The van der Waals surface area contributed by atoms with Gasteiger partial charge in [-0.15, -0.1) is 0 Å². The van der Waals surface area contributed by atoms with Crippen molar-refractivity contribution < 1.29 is 4.79 Å². The molecule has 0 unspecified atom stereocenters. The third kappa shape index (κ3) is 3.87. The molecule has 1 aliphatic heterocycles. The summed E-state index contributed by atoms with van der Waals surface area (Å²) in [4.78, 5) is 29.9. The zero-order valence-electron chi connectivity index (χ0n) is 17.6. The number of likely N-dealkylation sites (N-methyl/N-ethyl adjacent to an activating group) is 1. The molecule has 0 N–H and O–H groups in total. The molecule has 1 aliphatic rings. The van der Waals surface area contributed by atoms with E-state index in [1.165, 1.54) is 4.68 Å². The van der Waals surface area contributed by atoms with Crippen LogP contribution in [0.5, 0.6) is 0 Å². The van der Waals surface area contributed by atoms with Gasteiger partial charge in [-0.1, -0.05) is 23.7 Å². The summed E-state index contributed by atoms with van der Waals surface area (Å²) >= 11 is 5.99. The number of halogens is 1. The second kappa shape index (κ2) is 8.24. The number of amides is 1. The Kier molecular flexibility index (Phi) is 5.66. The van der Waals surface area contributed by atoms with Gasteiger partial charge in [0, 0.05) is 54.5 Å². The molecule has 8 heteroatoms. The van der Waals surface area contributed by atoms with Crippen molar-refractivity contribution in [1.82, 2.24) is 24.1 Å². The van der Waals surface area contributed by atoms with Gasteiger partial charge in [0.25, 0.3) is 5.56 Å². The molecule has 30 heavy (non-hydrogen) atoms. The Balaban J connectivity index is 1.63. The molecular formula is C22H26ClN5O2. The second-order valence-electron chi connectivity index (χ2n) is 7.96. The first-order valence-electron chi connectivity index (χ1n) is 10.1. The van der Waals surface area contributed by atoms with Crippen molar-refractivity contribution in [2.24, 2.45) is 0 Å². The minimum Gasteiger partial charge on any atom is -0.343 e. The first kappa shape index (κ1) is 20.6. The number of aromatic nitrogens is 3. The lowest BCUT2D eigenvalue weighted by Gasteiger charge is -2.32. The van der Waals surface area contributed by atoms with Crippen LogP contribution in [0.1, 0.15) is 17.0 Å². The minimum absolute atomic E-state index is 0.0284. The molecule has 0 bridgehead atoms.